The van der Waals surface area contributed by atoms with E-state index >= 15 is 0 Å². The van der Waals surface area contributed by atoms with Gasteiger partial charge in [0.2, 0.25) is 0 Å². The zero-order chi connectivity index (χ0) is 23.9. The van der Waals surface area contributed by atoms with Crippen molar-refractivity contribution in [3.63, 3.8) is 0 Å². The Kier molecular flexibility index (Phi) is 5.36. The molecule has 4 aliphatic rings. The van der Waals surface area contributed by atoms with Crippen LogP contribution in [0.5, 0.6) is 11.5 Å². The highest BCUT2D eigenvalue weighted by Crippen LogP contribution is 2.49. The highest BCUT2D eigenvalue weighted by Gasteiger charge is 2.56. The zero-order valence-electron chi connectivity index (χ0n) is 19.5. The predicted octanol–water partition coefficient (Wildman–Crippen LogP) is 4.96. The molecule has 1 saturated heterocycles. The first kappa shape index (κ1) is 21.6. The molecule has 176 valence electrons. The van der Waals surface area contributed by atoms with Crippen molar-refractivity contribution in [3.05, 3.63) is 83.9 Å². The molecule has 3 aliphatic carbocycles. The molecule has 0 aromatic heterocycles. The number of imide groups is 1. The molecule has 7 rings (SSSR count). The van der Waals surface area contributed by atoms with Crippen LogP contribution in [0.25, 0.3) is 10.8 Å². The van der Waals surface area contributed by atoms with E-state index in [1.807, 2.05) is 30.3 Å². The van der Waals surface area contributed by atoms with Gasteiger partial charge in [0.15, 0.2) is 11.5 Å². The predicted molar refractivity (Wildman–Crippen MR) is 133 cm³/mol. The smallest absolute Gasteiger partial charge is 0.254 e. The number of carbonyl (C=O) groups excluding carboxylic acids is 2. The van der Waals surface area contributed by atoms with Crippen LogP contribution < -0.4 is 9.47 Å². The summed E-state index contributed by atoms with van der Waals surface area (Å²) in [5, 5.41) is 7.69. The summed E-state index contributed by atoms with van der Waals surface area (Å²) in [6, 6.07) is 19.8. The van der Waals surface area contributed by atoms with Gasteiger partial charge in [0.25, 0.3) is 11.8 Å². The minimum Gasteiger partial charge on any atom is -0.493 e. The third-order valence-corrected chi connectivity index (χ3v) is 7.51. The van der Waals surface area contributed by atoms with Gasteiger partial charge < -0.3 is 9.47 Å². The molecule has 6 nitrogen and oxygen atoms in total. The number of fused-ring (bicyclic) bond motifs is 2. The molecule has 3 aromatic carbocycles. The van der Waals surface area contributed by atoms with Gasteiger partial charge in [-0.2, -0.15) is 10.1 Å². The van der Waals surface area contributed by atoms with Gasteiger partial charge in [-0.3, -0.25) is 9.59 Å². The lowest BCUT2D eigenvalue weighted by Gasteiger charge is -2.37. The van der Waals surface area contributed by atoms with E-state index in [-0.39, 0.29) is 35.5 Å². The Morgan fingerprint density at radius 1 is 0.914 bits per heavy atom. The van der Waals surface area contributed by atoms with E-state index in [0.29, 0.717) is 18.1 Å². The molecule has 0 N–H and O–H groups in total. The number of methoxy groups -OCH3 is 1. The molecule has 4 atom stereocenters. The van der Waals surface area contributed by atoms with Gasteiger partial charge in [0.05, 0.1) is 25.2 Å². The highest BCUT2D eigenvalue weighted by atomic mass is 16.5. The van der Waals surface area contributed by atoms with Crippen molar-refractivity contribution < 1.29 is 19.1 Å². The van der Waals surface area contributed by atoms with E-state index in [1.165, 1.54) is 5.39 Å². The van der Waals surface area contributed by atoms with E-state index in [2.05, 4.69) is 41.5 Å². The summed E-state index contributed by atoms with van der Waals surface area (Å²) in [4.78, 5) is 25.9. The van der Waals surface area contributed by atoms with Crippen LogP contribution in [0.1, 0.15) is 24.0 Å². The summed E-state index contributed by atoms with van der Waals surface area (Å²) < 4.78 is 11.6. The quantitative estimate of drug-likeness (QED) is 0.293. The fourth-order valence-corrected chi connectivity index (χ4v) is 5.75. The van der Waals surface area contributed by atoms with Gasteiger partial charge in [-0.15, -0.1) is 0 Å². The van der Waals surface area contributed by atoms with Gasteiger partial charge in [-0.05, 0) is 64.8 Å². The van der Waals surface area contributed by atoms with Crippen LogP contribution in [-0.2, 0) is 16.2 Å². The van der Waals surface area contributed by atoms with Gasteiger partial charge >= 0.3 is 0 Å². The van der Waals surface area contributed by atoms with Gasteiger partial charge in [-0.1, -0.05) is 54.6 Å². The number of allylic oxidation sites excluding steroid dienone is 2. The Hall–Kier alpha value is -3.93. The standard InChI is InChI=1S/C29H26N2O4/c1-34-25-15-18(9-14-24(25)35-17-22-7-4-6-19-5-2-3-8-23(19)22)16-30-31-28(32)26-20-10-11-21(13-12-20)27(26)29(31)33/h2-11,14-16,20-21,26-27H,12-13,17H2,1H3/b30-16-/t20-,21-,26-,27-/m0/s1. The highest BCUT2D eigenvalue weighted by molar-refractivity contribution is 6.06. The van der Waals surface area contributed by atoms with Gasteiger partial charge in [-0.25, -0.2) is 0 Å². The van der Waals surface area contributed by atoms with Crippen molar-refractivity contribution in [1.82, 2.24) is 5.01 Å². The Morgan fingerprint density at radius 2 is 1.63 bits per heavy atom. The van der Waals surface area contributed by atoms with Crippen LogP contribution in [-0.4, -0.2) is 30.1 Å². The average molecular weight is 467 g/mol. The van der Waals surface area contributed by atoms with E-state index < -0.39 is 0 Å². The number of hydrogen-bond donors (Lipinski definition) is 0. The molecule has 3 aromatic rings. The zero-order valence-corrected chi connectivity index (χ0v) is 19.5. The van der Waals surface area contributed by atoms with Crippen LogP contribution in [0.2, 0.25) is 0 Å². The number of amides is 2. The monoisotopic (exact) mass is 466 g/mol. The Balaban J connectivity index is 1.19. The number of rotatable bonds is 6. The summed E-state index contributed by atoms with van der Waals surface area (Å²) in [6.07, 6.45) is 7.69. The van der Waals surface area contributed by atoms with Crippen molar-refractivity contribution in [2.75, 3.05) is 7.11 Å². The maximum absolute atomic E-state index is 13.0. The van der Waals surface area contributed by atoms with Crippen molar-refractivity contribution in [2.24, 2.45) is 28.8 Å². The fraction of sp³-hybridized carbons (Fsp3) is 0.276. The van der Waals surface area contributed by atoms with Crippen molar-refractivity contribution in [1.29, 1.82) is 0 Å². The van der Waals surface area contributed by atoms with Gasteiger partial charge in [0.1, 0.15) is 6.61 Å². The Morgan fingerprint density at radius 3 is 2.34 bits per heavy atom. The second-order valence-corrected chi connectivity index (χ2v) is 9.41. The van der Waals surface area contributed by atoms with E-state index in [9.17, 15) is 9.59 Å². The molecular weight excluding hydrogens is 440 g/mol. The maximum atomic E-state index is 13.0. The summed E-state index contributed by atoms with van der Waals surface area (Å²) in [6.45, 7) is 0.404. The minimum absolute atomic E-state index is 0.153. The lowest BCUT2D eigenvalue weighted by atomic mass is 9.63. The Labute approximate surface area is 203 Å². The molecule has 1 saturated carbocycles. The lowest BCUT2D eigenvalue weighted by molar-refractivity contribution is -0.140. The summed E-state index contributed by atoms with van der Waals surface area (Å²) >= 11 is 0. The van der Waals surface area contributed by atoms with Crippen LogP contribution in [0.3, 0.4) is 0 Å². The third kappa shape index (κ3) is 3.70. The molecule has 6 heteroatoms. The number of hydrogen-bond acceptors (Lipinski definition) is 5. The molecule has 2 fully saturated rings. The lowest BCUT2D eigenvalue weighted by Crippen LogP contribution is -2.38. The summed E-state index contributed by atoms with van der Waals surface area (Å²) in [5.74, 6) is 0.587. The van der Waals surface area contributed by atoms with Crippen LogP contribution in [0, 0.1) is 23.7 Å². The summed E-state index contributed by atoms with van der Waals surface area (Å²) in [7, 11) is 1.59. The molecule has 1 aliphatic heterocycles. The molecule has 0 unspecified atom stereocenters. The normalized spacial score (nSPS) is 25.0. The Bertz CT molecular complexity index is 1340. The fourth-order valence-electron chi connectivity index (χ4n) is 5.75. The van der Waals surface area contributed by atoms with Crippen LogP contribution in [0.4, 0.5) is 0 Å². The first-order chi connectivity index (χ1) is 17.1. The number of hydrazone groups is 1. The molecule has 2 bridgehead atoms. The maximum Gasteiger partial charge on any atom is 0.254 e. The minimum atomic E-state index is -0.261. The molecular formula is C29H26N2O4. The van der Waals surface area contributed by atoms with E-state index in [1.54, 1.807) is 19.4 Å². The molecule has 0 spiro atoms. The number of benzene rings is 3. The number of nitrogens with zero attached hydrogens (tertiary/aromatic N) is 2. The van der Waals surface area contributed by atoms with Crippen molar-refractivity contribution in [3.8, 4) is 11.5 Å². The van der Waals surface area contributed by atoms with Crippen LogP contribution in [0.15, 0.2) is 77.9 Å². The van der Waals surface area contributed by atoms with Crippen molar-refractivity contribution in [2.45, 2.75) is 19.4 Å². The molecule has 2 amide bonds. The molecule has 35 heavy (non-hydrogen) atoms. The van der Waals surface area contributed by atoms with Gasteiger partial charge in [0, 0.05) is 0 Å². The SMILES string of the molecule is COc1cc(/C=N\N2C(=O)[C@@H]3[C@@H](C2=O)[C@H]2C=C[C@H]3CC2)ccc1OCc1cccc2ccccc12. The molecule has 1 heterocycles. The summed E-state index contributed by atoms with van der Waals surface area (Å²) in [5.41, 5.74) is 1.81. The number of carbonyl (C=O) groups is 2. The van der Waals surface area contributed by atoms with Crippen molar-refractivity contribution >= 4 is 28.8 Å². The van der Waals surface area contributed by atoms with E-state index in [4.69, 9.17) is 9.47 Å². The second kappa shape index (κ2) is 8.69. The topological polar surface area (TPSA) is 68.2 Å². The average Bonchev–Trinajstić information content (AvgIpc) is 3.18. The number of ether oxygens (including phenoxy) is 2. The molecule has 0 radical (unpaired) electrons. The largest absolute Gasteiger partial charge is 0.493 e. The third-order valence-electron chi connectivity index (χ3n) is 7.51. The first-order valence-corrected chi connectivity index (χ1v) is 12.0. The van der Waals surface area contributed by atoms with E-state index in [0.717, 1.165) is 34.4 Å². The first-order valence-electron chi connectivity index (χ1n) is 12.0. The van der Waals surface area contributed by atoms with Crippen LogP contribution >= 0.6 is 0 Å². The second-order valence-electron chi connectivity index (χ2n) is 9.41.